The van der Waals surface area contributed by atoms with Gasteiger partial charge in [-0.25, -0.2) is 4.39 Å². The van der Waals surface area contributed by atoms with Gasteiger partial charge in [-0.05, 0) is 30.7 Å². The van der Waals surface area contributed by atoms with Crippen molar-refractivity contribution >= 4 is 5.69 Å². The number of halogens is 2. The topological polar surface area (TPSA) is 76.2 Å². The van der Waals surface area contributed by atoms with Crippen LogP contribution in [0.4, 0.5) is 14.5 Å². The van der Waals surface area contributed by atoms with Crippen molar-refractivity contribution in [3.05, 3.63) is 63.2 Å². The van der Waals surface area contributed by atoms with E-state index in [1.54, 1.807) is 6.92 Å². The summed E-state index contributed by atoms with van der Waals surface area (Å²) in [5.74, 6) is -2.52. The first-order chi connectivity index (χ1) is 9.92. The summed E-state index contributed by atoms with van der Waals surface area (Å²) in [6.07, 6.45) is 0. The Balaban J connectivity index is 2.36. The molecule has 0 saturated carbocycles. The fraction of sp³-hybridized carbons (Fsp3) is 0.0714. The first kappa shape index (κ1) is 14.4. The second-order valence-electron chi connectivity index (χ2n) is 4.18. The van der Waals surface area contributed by atoms with E-state index >= 15 is 0 Å². The number of nitriles is 1. The van der Waals surface area contributed by atoms with E-state index in [4.69, 9.17) is 10.00 Å². The van der Waals surface area contributed by atoms with Crippen molar-refractivity contribution in [2.24, 2.45) is 0 Å². The number of nitro groups is 1. The van der Waals surface area contributed by atoms with E-state index in [1.165, 1.54) is 18.2 Å². The van der Waals surface area contributed by atoms with Gasteiger partial charge in [0.25, 0.3) is 0 Å². The summed E-state index contributed by atoms with van der Waals surface area (Å²) in [5, 5.41) is 19.3. The quantitative estimate of drug-likeness (QED) is 0.635. The van der Waals surface area contributed by atoms with Gasteiger partial charge in [0.1, 0.15) is 5.75 Å². The van der Waals surface area contributed by atoms with Crippen LogP contribution < -0.4 is 4.74 Å². The number of nitro benzene ring substituents is 1. The molecule has 0 N–H and O–H groups in total. The average Bonchev–Trinajstić information content (AvgIpc) is 2.42. The number of hydrogen-bond acceptors (Lipinski definition) is 4. The van der Waals surface area contributed by atoms with E-state index in [1.807, 2.05) is 6.07 Å². The molecule has 2 aromatic rings. The Morgan fingerprint density at radius 2 is 1.95 bits per heavy atom. The first-order valence-corrected chi connectivity index (χ1v) is 5.74. The Labute approximate surface area is 118 Å². The molecule has 0 saturated heterocycles. The molecule has 0 bridgehead atoms. The standard InChI is InChI=1S/C14H8F2N2O3/c1-8-4-10(3-2-9(8)7-17)21-14-6-11(15)13(18(19)20)5-12(14)16/h2-6H,1H3. The fourth-order valence-electron chi connectivity index (χ4n) is 1.69. The van der Waals surface area contributed by atoms with E-state index in [0.717, 1.165) is 0 Å². The number of rotatable bonds is 3. The number of hydrogen-bond donors (Lipinski definition) is 0. The third kappa shape index (κ3) is 2.95. The van der Waals surface area contributed by atoms with Gasteiger partial charge in [-0.2, -0.15) is 9.65 Å². The second-order valence-corrected chi connectivity index (χ2v) is 4.18. The molecule has 106 valence electrons. The normalized spacial score (nSPS) is 10.0. The van der Waals surface area contributed by atoms with Gasteiger partial charge in [-0.3, -0.25) is 10.1 Å². The molecule has 5 nitrogen and oxygen atoms in total. The van der Waals surface area contributed by atoms with Gasteiger partial charge in [0, 0.05) is 6.07 Å². The van der Waals surface area contributed by atoms with Crippen LogP contribution in [0.15, 0.2) is 30.3 Å². The Kier molecular flexibility index (Phi) is 3.80. The minimum atomic E-state index is -1.19. The van der Waals surface area contributed by atoms with Crippen LogP contribution in [0.2, 0.25) is 0 Å². The van der Waals surface area contributed by atoms with Crippen LogP contribution in [-0.4, -0.2) is 4.92 Å². The molecule has 0 aliphatic rings. The molecule has 2 rings (SSSR count). The smallest absolute Gasteiger partial charge is 0.307 e. The maximum absolute atomic E-state index is 13.7. The molecule has 0 unspecified atom stereocenters. The highest BCUT2D eigenvalue weighted by molar-refractivity contribution is 5.45. The third-order valence-corrected chi connectivity index (χ3v) is 2.74. The maximum atomic E-state index is 13.7. The van der Waals surface area contributed by atoms with Gasteiger partial charge < -0.3 is 4.74 Å². The van der Waals surface area contributed by atoms with Crippen LogP contribution in [0.25, 0.3) is 0 Å². The molecule has 0 aromatic heterocycles. The van der Waals surface area contributed by atoms with E-state index in [0.29, 0.717) is 23.3 Å². The van der Waals surface area contributed by atoms with Crippen LogP contribution in [0.1, 0.15) is 11.1 Å². The minimum absolute atomic E-state index is 0.193. The molecule has 7 heteroatoms. The van der Waals surface area contributed by atoms with E-state index in [2.05, 4.69) is 0 Å². The summed E-state index contributed by atoms with van der Waals surface area (Å²) < 4.78 is 32.3. The number of benzene rings is 2. The van der Waals surface area contributed by atoms with Crippen LogP contribution >= 0.6 is 0 Å². The zero-order valence-electron chi connectivity index (χ0n) is 10.8. The SMILES string of the molecule is Cc1cc(Oc2cc(F)c([N+](=O)[O-])cc2F)ccc1C#N. The van der Waals surface area contributed by atoms with Gasteiger partial charge in [-0.1, -0.05) is 0 Å². The number of ether oxygens (including phenoxy) is 1. The zero-order chi connectivity index (χ0) is 15.6. The van der Waals surface area contributed by atoms with Crippen molar-refractivity contribution < 1.29 is 18.4 Å². The van der Waals surface area contributed by atoms with E-state index < -0.39 is 28.0 Å². The summed E-state index contributed by atoms with van der Waals surface area (Å²) in [5.41, 5.74) is 0.0753. The van der Waals surface area contributed by atoms with Crippen molar-refractivity contribution in [3.8, 4) is 17.6 Å². The first-order valence-electron chi connectivity index (χ1n) is 5.74. The maximum Gasteiger partial charge on any atom is 0.307 e. The van der Waals surface area contributed by atoms with Crippen molar-refractivity contribution in [1.29, 1.82) is 5.26 Å². The van der Waals surface area contributed by atoms with E-state index in [-0.39, 0.29) is 5.75 Å². The van der Waals surface area contributed by atoms with Gasteiger partial charge >= 0.3 is 5.69 Å². The number of aryl methyl sites for hydroxylation is 1. The lowest BCUT2D eigenvalue weighted by molar-refractivity contribution is -0.387. The van der Waals surface area contributed by atoms with Gasteiger partial charge in [0.15, 0.2) is 11.6 Å². The molecule has 0 fully saturated rings. The predicted molar refractivity (Wildman–Crippen MR) is 69.0 cm³/mol. The molecule has 0 aliphatic heterocycles. The Bertz CT molecular complexity index is 770. The van der Waals surface area contributed by atoms with Crippen molar-refractivity contribution in [2.75, 3.05) is 0 Å². The monoisotopic (exact) mass is 290 g/mol. The molecule has 2 aromatic carbocycles. The van der Waals surface area contributed by atoms with Gasteiger partial charge in [-0.15, -0.1) is 0 Å². The Morgan fingerprint density at radius 1 is 1.24 bits per heavy atom. The lowest BCUT2D eigenvalue weighted by atomic mass is 10.1. The minimum Gasteiger partial charge on any atom is -0.454 e. The van der Waals surface area contributed by atoms with Crippen molar-refractivity contribution in [3.63, 3.8) is 0 Å². The lowest BCUT2D eigenvalue weighted by Gasteiger charge is -2.08. The molecule has 0 atom stereocenters. The second kappa shape index (κ2) is 5.54. The molecule has 0 radical (unpaired) electrons. The van der Waals surface area contributed by atoms with Crippen LogP contribution in [0.3, 0.4) is 0 Å². The average molecular weight is 290 g/mol. The largest absolute Gasteiger partial charge is 0.454 e. The summed E-state index contributed by atoms with van der Waals surface area (Å²) in [6.45, 7) is 1.66. The van der Waals surface area contributed by atoms with Crippen LogP contribution in [0, 0.1) is 40.0 Å². The van der Waals surface area contributed by atoms with Gasteiger partial charge in [0.2, 0.25) is 5.82 Å². The molecule has 0 spiro atoms. The zero-order valence-corrected chi connectivity index (χ0v) is 10.8. The summed E-state index contributed by atoms with van der Waals surface area (Å²) >= 11 is 0. The fourth-order valence-corrected chi connectivity index (χ4v) is 1.69. The highest BCUT2D eigenvalue weighted by atomic mass is 19.1. The van der Waals surface area contributed by atoms with E-state index in [9.17, 15) is 18.9 Å². The molecular weight excluding hydrogens is 282 g/mol. The van der Waals surface area contributed by atoms with Crippen molar-refractivity contribution in [1.82, 2.24) is 0 Å². The molecule has 0 heterocycles. The molecule has 0 amide bonds. The van der Waals surface area contributed by atoms with Crippen LogP contribution in [0.5, 0.6) is 11.5 Å². The highest BCUT2D eigenvalue weighted by Gasteiger charge is 2.19. The number of nitrogens with zero attached hydrogens (tertiary/aromatic N) is 2. The highest BCUT2D eigenvalue weighted by Crippen LogP contribution is 2.30. The Hall–Kier alpha value is -3.01. The Morgan fingerprint density at radius 3 is 2.52 bits per heavy atom. The van der Waals surface area contributed by atoms with Crippen molar-refractivity contribution in [2.45, 2.75) is 6.92 Å². The molecular formula is C14H8F2N2O3. The summed E-state index contributed by atoms with van der Waals surface area (Å²) in [4.78, 5) is 9.47. The van der Waals surface area contributed by atoms with Crippen LogP contribution in [-0.2, 0) is 0 Å². The lowest BCUT2D eigenvalue weighted by Crippen LogP contribution is -1.97. The molecule has 21 heavy (non-hydrogen) atoms. The predicted octanol–water partition coefficient (Wildman–Crippen LogP) is 3.85. The van der Waals surface area contributed by atoms with Gasteiger partial charge in [0.05, 0.1) is 22.6 Å². The summed E-state index contributed by atoms with van der Waals surface area (Å²) in [7, 11) is 0. The third-order valence-electron chi connectivity index (χ3n) is 2.74. The summed E-state index contributed by atoms with van der Waals surface area (Å²) in [6, 6.07) is 7.41. The molecule has 0 aliphatic carbocycles.